The van der Waals surface area contributed by atoms with Gasteiger partial charge in [-0.1, -0.05) is 42.5 Å². The molecule has 1 fully saturated rings. The molecule has 0 atom stereocenters. The van der Waals surface area contributed by atoms with Crippen molar-refractivity contribution in [2.45, 2.75) is 19.3 Å². The molecule has 1 amide bonds. The van der Waals surface area contributed by atoms with Gasteiger partial charge in [0, 0.05) is 37.9 Å². The van der Waals surface area contributed by atoms with E-state index >= 15 is 0 Å². The predicted octanol–water partition coefficient (Wildman–Crippen LogP) is 3.69. The van der Waals surface area contributed by atoms with Crippen LogP contribution in [0.2, 0.25) is 0 Å². The van der Waals surface area contributed by atoms with E-state index in [9.17, 15) is 13.2 Å². The largest absolute Gasteiger partial charge is 0.453 e. The lowest BCUT2D eigenvalue weighted by atomic mass is 10.2. The first kappa shape index (κ1) is 25.7. The molecule has 1 N–H and O–H groups in total. The number of carbonyl (C=O) groups is 1. The average molecular weight is 454 g/mol. The molecule has 2 rings (SSSR count). The molecule has 1 aliphatic carbocycles. The lowest BCUT2D eigenvalue weighted by molar-refractivity contribution is 0.172. The lowest BCUT2D eigenvalue weighted by Gasteiger charge is -2.25. The van der Waals surface area contributed by atoms with E-state index in [2.05, 4.69) is 27.4 Å². The smallest absolute Gasteiger partial charge is 0.407 e. The SMILES string of the molecule is C=C/C=C(\C=NC)CNC(=O)OC.O=S(=O)(C1=C=CC=C(Cl)C=C1)N1CCCCC1. The molecular weight excluding hydrogens is 426 g/mol. The monoisotopic (exact) mass is 453 g/mol. The van der Waals surface area contributed by atoms with E-state index in [1.165, 1.54) is 17.5 Å². The van der Waals surface area contributed by atoms with Gasteiger partial charge in [-0.3, -0.25) is 4.99 Å². The molecule has 1 aliphatic heterocycles. The van der Waals surface area contributed by atoms with Crippen LogP contribution in [0, 0.1) is 0 Å². The number of rotatable bonds is 6. The van der Waals surface area contributed by atoms with Crippen molar-refractivity contribution in [2.24, 2.45) is 4.99 Å². The zero-order valence-corrected chi connectivity index (χ0v) is 18.9. The normalized spacial score (nSPS) is 17.4. The van der Waals surface area contributed by atoms with Crippen LogP contribution in [0.3, 0.4) is 0 Å². The fraction of sp³-hybridized carbons (Fsp3) is 0.381. The van der Waals surface area contributed by atoms with Crippen LogP contribution in [-0.2, 0) is 14.8 Å². The quantitative estimate of drug-likeness (QED) is 0.377. The Hall–Kier alpha value is -2.38. The van der Waals surface area contributed by atoms with Gasteiger partial charge in [0.2, 0.25) is 10.0 Å². The summed E-state index contributed by atoms with van der Waals surface area (Å²) in [5.41, 5.74) is 3.63. The summed E-state index contributed by atoms with van der Waals surface area (Å²) in [7, 11) is -0.422. The van der Waals surface area contributed by atoms with Gasteiger partial charge in [-0.25, -0.2) is 13.2 Å². The molecule has 0 spiro atoms. The fourth-order valence-corrected chi connectivity index (χ4v) is 4.18. The minimum atomic E-state index is -3.40. The summed E-state index contributed by atoms with van der Waals surface area (Å²) in [4.78, 5) is 14.7. The minimum Gasteiger partial charge on any atom is -0.453 e. The number of piperidine rings is 1. The number of aliphatic imine (C=N–C) groups is 1. The lowest BCUT2D eigenvalue weighted by Crippen LogP contribution is -2.35. The zero-order valence-electron chi connectivity index (χ0n) is 17.3. The highest BCUT2D eigenvalue weighted by Gasteiger charge is 2.26. The Morgan fingerprint density at radius 1 is 1.37 bits per heavy atom. The van der Waals surface area contributed by atoms with Crippen LogP contribution in [0.4, 0.5) is 4.79 Å². The Morgan fingerprint density at radius 2 is 2.07 bits per heavy atom. The van der Waals surface area contributed by atoms with Gasteiger partial charge in [-0.2, -0.15) is 4.31 Å². The topological polar surface area (TPSA) is 88.1 Å². The first-order chi connectivity index (χ1) is 14.3. The highest BCUT2D eigenvalue weighted by Crippen LogP contribution is 2.21. The van der Waals surface area contributed by atoms with E-state index in [0.29, 0.717) is 24.7 Å². The van der Waals surface area contributed by atoms with Crippen LogP contribution in [-0.4, -0.2) is 58.8 Å². The third-order valence-corrected chi connectivity index (χ3v) is 6.15. The van der Waals surface area contributed by atoms with Gasteiger partial charge in [-0.15, -0.1) is 0 Å². The van der Waals surface area contributed by atoms with Gasteiger partial charge < -0.3 is 10.1 Å². The van der Waals surface area contributed by atoms with Crippen molar-refractivity contribution in [3.8, 4) is 0 Å². The Labute approximate surface area is 183 Å². The number of hydrogen-bond acceptors (Lipinski definition) is 5. The minimum absolute atomic E-state index is 0.186. The van der Waals surface area contributed by atoms with E-state index < -0.39 is 16.1 Å². The summed E-state index contributed by atoms with van der Waals surface area (Å²) in [6.45, 7) is 5.13. The third-order valence-electron chi connectivity index (χ3n) is 4.04. The predicted molar refractivity (Wildman–Crippen MR) is 122 cm³/mol. The molecule has 1 saturated heterocycles. The molecule has 0 radical (unpaired) electrons. The second-order valence-corrected chi connectivity index (χ2v) is 8.58. The fourth-order valence-electron chi connectivity index (χ4n) is 2.58. The number of carbonyl (C=O) groups excluding carboxylic acids is 1. The summed E-state index contributed by atoms with van der Waals surface area (Å²) >= 11 is 5.80. The van der Waals surface area contributed by atoms with Crippen LogP contribution >= 0.6 is 11.6 Å². The number of sulfonamides is 1. The summed E-state index contributed by atoms with van der Waals surface area (Å²) in [5, 5.41) is 3.03. The summed E-state index contributed by atoms with van der Waals surface area (Å²) in [5.74, 6) is 0. The molecule has 164 valence electrons. The molecule has 0 aromatic rings. The van der Waals surface area contributed by atoms with Gasteiger partial charge in [-0.05, 0) is 42.7 Å². The van der Waals surface area contributed by atoms with E-state index in [1.807, 2.05) is 0 Å². The highest BCUT2D eigenvalue weighted by molar-refractivity contribution is 7.93. The van der Waals surface area contributed by atoms with Gasteiger partial charge >= 0.3 is 6.09 Å². The molecule has 0 bridgehead atoms. The maximum Gasteiger partial charge on any atom is 0.407 e. The Kier molecular flexibility index (Phi) is 11.8. The molecule has 30 heavy (non-hydrogen) atoms. The Morgan fingerprint density at radius 3 is 2.67 bits per heavy atom. The van der Waals surface area contributed by atoms with E-state index in [1.54, 1.807) is 43.6 Å². The van der Waals surface area contributed by atoms with Crippen molar-refractivity contribution in [3.05, 3.63) is 64.3 Å². The van der Waals surface area contributed by atoms with E-state index in [4.69, 9.17) is 11.6 Å². The average Bonchev–Trinajstić information content (AvgIpc) is 2.98. The molecule has 2 aliphatic rings. The third kappa shape index (κ3) is 8.97. The number of nitrogens with zero attached hydrogens (tertiary/aromatic N) is 2. The van der Waals surface area contributed by atoms with Gasteiger partial charge in [0.25, 0.3) is 0 Å². The summed E-state index contributed by atoms with van der Waals surface area (Å²) < 4.78 is 30.5. The first-order valence-electron chi connectivity index (χ1n) is 9.41. The van der Waals surface area contributed by atoms with Gasteiger partial charge in [0.15, 0.2) is 0 Å². The number of halogens is 1. The Bertz CT molecular complexity index is 889. The van der Waals surface area contributed by atoms with Crippen molar-refractivity contribution in [1.82, 2.24) is 9.62 Å². The van der Waals surface area contributed by atoms with Crippen molar-refractivity contribution in [1.29, 1.82) is 0 Å². The standard InChI is InChI=1S/C12H14ClNO2S.C9H14N2O2/c13-11-5-4-6-12(8-7-11)17(15,16)14-9-2-1-3-10-14;1-4-5-8(6-10-2)7-11-9(12)13-3/h4-5,7-8H,1-3,9-10H2;4-6H,1,7H2,2-3H3,(H,11,12)/b;8-5+,10-6?. The number of hydrogen-bond donors (Lipinski definition) is 1. The van der Waals surface area contributed by atoms with Crippen LogP contribution in [0.1, 0.15) is 19.3 Å². The summed E-state index contributed by atoms with van der Waals surface area (Å²) in [6.07, 6.45) is 13.8. The number of nitrogens with one attached hydrogen (secondary N) is 1. The highest BCUT2D eigenvalue weighted by atomic mass is 35.5. The molecule has 0 unspecified atom stereocenters. The number of alkyl carbamates (subject to hydrolysis) is 1. The van der Waals surface area contributed by atoms with Gasteiger partial charge in [0.1, 0.15) is 4.91 Å². The number of ether oxygens (including phenoxy) is 1. The summed E-state index contributed by atoms with van der Waals surface area (Å²) in [6, 6.07) is 0. The molecule has 0 aromatic heterocycles. The van der Waals surface area contributed by atoms with Crippen LogP contribution in [0.15, 0.2) is 69.3 Å². The van der Waals surface area contributed by atoms with E-state index in [-0.39, 0.29) is 4.91 Å². The van der Waals surface area contributed by atoms with Crippen molar-refractivity contribution >= 4 is 33.9 Å². The Balaban J connectivity index is 0.000000314. The maximum atomic E-state index is 12.3. The first-order valence-corrected chi connectivity index (χ1v) is 11.2. The number of amides is 1. The number of allylic oxidation sites excluding steroid dienone is 6. The van der Waals surface area contributed by atoms with E-state index in [0.717, 1.165) is 24.8 Å². The molecule has 0 aromatic carbocycles. The second-order valence-electron chi connectivity index (χ2n) is 6.23. The zero-order chi connectivity index (χ0) is 22.4. The number of methoxy groups -OCH3 is 1. The van der Waals surface area contributed by atoms with Crippen LogP contribution in [0.25, 0.3) is 0 Å². The maximum absolute atomic E-state index is 12.3. The van der Waals surface area contributed by atoms with Crippen LogP contribution in [0.5, 0.6) is 0 Å². The van der Waals surface area contributed by atoms with Crippen molar-refractivity contribution in [3.63, 3.8) is 0 Å². The van der Waals surface area contributed by atoms with Gasteiger partial charge in [0.05, 0.1) is 7.11 Å². The molecular formula is C21H28ClN3O4S. The molecule has 1 heterocycles. The van der Waals surface area contributed by atoms with Crippen molar-refractivity contribution in [2.75, 3.05) is 33.8 Å². The van der Waals surface area contributed by atoms with Crippen molar-refractivity contribution < 1.29 is 17.9 Å². The van der Waals surface area contributed by atoms with Crippen LogP contribution < -0.4 is 5.32 Å². The second kappa shape index (κ2) is 13.8. The molecule has 0 saturated carbocycles. The molecule has 7 nitrogen and oxygen atoms in total. The molecule has 9 heteroatoms.